The number of hydrogen-bond acceptors (Lipinski definition) is 3. The van der Waals surface area contributed by atoms with E-state index in [4.69, 9.17) is 17.3 Å². The summed E-state index contributed by atoms with van der Waals surface area (Å²) in [5.41, 5.74) is 10.7. The van der Waals surface area contributed by atoms with Gasteiger partial charge in [-0.2, -0.15) is 5.10 Å². The Bertz CT molecular complexity index is 794. The van der Waals surface area contributed by atoms with Gasteiger partial charge in [-0.05, 0) is 24.6 Å². The summed E-state index contributed by atoms with van der Waals surface area (Å²) in [5.74, 6) is 0.592. The molecule has 2 heterocycles. The van der Waals surface area contributed by atoms with Gasteiger partial charge in [-0.25, -0.2) is 0 Å². The Balaban J connectivity index is 2.27. The van der Waals surface area contributed by atoms with Crippen molar-refractivity contribution >= 4 is 17.4 Å². The summed E-state index contributed by atoms with van der Waals surface area (Å²) in [6.45, 7) is 2.00. The van der Waals surface area contributed by atoms with Crippen LogP contribution in [0.3, 0.4) is 0 Å². The minimum atomic E-state index is 0.592. The van der Waals surface area contributed by atoms with E-state index >= 15 is 0 Å². The van der Waals surface area contributed by atoms with E-state index in [-0.39, 0.29) is 0 Å². The number of aromatic nitrogens is 3. The maximum Gasteiger partial charge on any atom is 0.129 e. The molecule has 1 aromatic carbocycles. The van der Waals surface area contributed by atoms with Crippen LogP contribution in [0.2, 0.25) is 5.02 Å². The molecule has 0 bridgehead atoms. The van der Waals surface area contributed by atoms with Gasteiger partial charge in [0.25, 0.3) is 0 Å². The van der Waals surface area contributed by atoms with E-state index in [2.05, 4.69) is 10.1 Å². The molecule has 2 N–H and O–H groups in total. The second-order valence-corrected chi connectivity index (χ2v) is 5.36. The predicted octanol–water partition coefficient (Wildman–Crippen LogP) is 3.69. The van der Waals surface area contributed by atoms with Crippen molar-refractivity contribution in [1.82, 2.24) is 14.8 Å². The van der Waals surface area contributed by atoms with Crippen LogP contribution in [0.15, 0.2) is 42.7 Å². The van der Waals surface area contributed by atoms with Crippen LogP contribution in [-0.4, -0.2) is 14.8 Å². The molecule has 2 aromatic heterocycles. The van der Waals surface area contributed by atoms with E-state index in [1.807, 2.05) is 44.3 Å². The number of anilines is 1. The summed E-state index contributed by atoms with van der Waals surface area (Å²) in [5, 5.41) is 5.19. The number of hydrogen-bond donors (Lipinski definition) is 1. The van der Waals surface area contributed by atoms with Gasteiger partial charge in [-0.1, -0.05) is 29.8 Å². The van der Waals surface area contributed by atoms with Crippen molar-refractivity contribution < 1.29 is 0 Å². The van der Waals surface area contributed by atoms with Crippen LogP contribution in [0.1, 0.15) is 5.56 Å². The SMILES string of the molecule is Cc1ccc(-c2nn(C)c(N)c2-c2cccnc2)c(Cl)c1. The molecule has 4 nitrogen and oxygen atoms in total. The topological polar surface area (TPSA) is 56.7 Å². The number of halogens is 1. The van der Waals surface area contributed by atoms with Crippen LogP contribution >= 0.6 is 11.6 Å². The first-order valence-corrected chi connectivity index (χ1v) is 6.95. The van der Waals surface area contributed by atoms with E-state index in [1.165, 1.54) is 0 Å². The molecule has 0 aliphatic carbocycles. The van der Waals surface area contributed by atoms with Crippen LogP contribution < -0.4 is 5.73 Å². The zero-order valence-corrected chi connectivity index (χ0v) is 12.6. The summed E-state index contributed by atoms with van der Waals surface area (Å²) >= 11 is 6.38. The molecule has 0 saturated carbocycles. The van der Waals surface area contributed by atoms with Crippen LogP contribution in [0.5, 0.6) is 0 Å². The summed E-state index contributed by atoms with van der Waals surface area (Å²) in [6, 6.07) is 9.75. The normalized spacial score (nSPS) is 10.8. The van der Waals surface area contributed by atoms with Crippen molar-refractivity contribution in [2.45, 2.75) is 6.92 Å². The van der Waals surface area contributed by atoms with Gasteiger partial charge in [0, 0.05) is 30.6 Å². The Hall–Kier alpha value is -2.33. The maximum absolute atomic E-state index is 6.38. The van der Waals surface area contributed by atoms with E-state index in [0.29, 0.717) is 10.8 Å². The number of nitrogen functional groups attached to an aromatic ring is 1. The molecule has 0 spiro atoms. The fraction of sp³-hybridized carbons (Fsp3) is 0.125. The van der Waals surface area contributed by atoms with Crippen molar-refractivity contribution in [2.75, 3.05) is 5.73 Å². The second-order valence-electron chi connectivity index (χ2n) is 4.96. The van der Waals surface area contributed by atoms with Gasteiger partial charge in [0.1, 0.15) is 11.5 Å². The minimum absolute atomic E-state index is 0.592. The molecule has 0 fully saturated rings. The highest BCUT2D eigenvalue weighted by atomic mass is 35.5. The third-order valence-corrected chi connectivity index (χ3v) is 3.73. The molecule has 3 aromatic rings. The third kappa shape index (κ3) is 2.38. The molecule has 0 radical (unpaired) electrons. The lowest BCUT2D eigenvalue weighted by Gasteiger charge is -2.06. The van der Waals surface area contributed by atoms with Gasteiger partial charge in [0.15, 0.2) is 0 Å². The molecular formula is C16H15ClN4. The fourth-order valence-corrected chi connectivity index (χ4v) is 2.66. The number of nitrogens with two attached hydrogens (primary N) is 1. The molecule has 0 saturated heterocycles. The Morgan fingerprint density at radius 1 is 1.24 bits per heavy atom. The Kier molecular flexibility index (Phi) is 3.39. The quantitative estimate of drug-likeness (QED) is 0.785. The molecule has 5 heteroatoms. The van der Waals surface area contributed by atoms with Crippen molar-refractivity contribution in [3.63, 3.8) is 0 Å². The molecule has 0 aliphatic heterocycles. The molecular weight excluding hydrogens is 284 g/mol. The molecule has 0 unspecified atom stereocenters. The Labute approximate surface area is 128 Å². The van der Waals surface area contributed by atoms with Crippen molar-refractivity contribution in [3.05, 3.63) is 53.3 Å². The summed E-state index contributed by atoms with van der Waals surface area (Å²) in [4.78, 5) is 4.16. The van der Waals surface area contributed by atoms with Crippen LogP contribution in [0, 0.1) is 6.92 Å². The van der Waals surface area contributed by atoms with Crippen molar-refractivity contribution in [2.24, 2.45) is 7.05 Å². The first kappa shape index (κ1) is 13.6. The largest absolute Gasteiger partial charge is 0.383 e. The van der Waals surface area contributed by atoms with E-state index < -0.39 is 0 Å². The number of nitrogens with zero attached hydrogens (tertiary/aromatic N) is 3. The lowest BCUT2D eigenvalue weighted by atomic mass is 10.0. The van der Waals surface area contributed by atoms with Gasteiger partial charge >= 0.3 is 0 Å². The van der Waals surface area contributed by atoms with E-state index in [9.17, 15) is 0 Å². The molecule has 0 amide bonds. The van der Waals surface area contributed by atoms with Crippen LogP contribution in [0.4, 0.5) is 5.82 Å². The molecule has 106 valence electrons. The summed E-state index contributed by atoms with van der Waals surface area (Å²) < 4.78 is 1.66. The zero-order valence-electron chi connectivity index (χ0n) is 11.8. The fourth-order valence-electron chi connectivity index (χ4n) is 2.33. The number of rotatable bonds is 2. The summed E-state index contributed by atoms with van der Waals surface area (Å²) in [6.07, 6.45) is 3.51. The molecule has 3 rings (SSSR count). The third-order valence-electron chi connectivity index (χ3n) is 3.42. The minimum Gasteiger partial charge on any atom is -0.383 e. The zero-order chi connectivity index (χ0) is 15.0. The average Bonchev–Trinajstić information content (AvgIpc) is 2.75. The van der Waals surface area contributed by atoms with Gasteiger partial charge in [0.2, 0.25) is 0 Å². The predicted molar refractivity (Wildman–Crippen MR) is 86.0 cm³/mol. The highest BCUT2D eigenvalue weighted by molar-refractivity contribution is 6.33. The number of pyridine rings is 1. The van der Waals surface area contributed by atoms with Gasteiger partial charge in [0.05, 0.1) is 10.6 Å². The first-order valence-electron chi connectivity index (χ1n) is 6.57. The van der Waals surface area contributed by atoms with Crippen molar-refractivity contribution in [3.8, 4) is 22.4 Å². The Morgan fingerprint density at radius 2 is 2.05 bits per heavy atom. The number of benzene rings is 1. The van der Waals surface area contributed by atoms with E-state index in [0.717, 1.165) is 27.9 Å². The Morgan fingerprint density at radius 3 is 2.71 bits per heavy atom. The highest BCUT2D eigenvalue weighted by Crippen LogP contribution is 2.38. The van der Waals surface area contributed by atoms with Crippen molar-refractivity contribution in [1.29, 1.82) is 0 Å². The second kappa shape index (κ2) is 5.22. The summed E-state index contributed by atoms with van der Waals surface area (Å²) in [7, 11) is 1.82. The highest BCUT2D eigenvalue weighted by Gasteiger charge is 2.19. The monoisotopic (exact) mass is 298 g/mol. The molecule has 0 aliphatic rings. The lowest BCUT2D eigenvalue weighted by molar-refractivity contribution is 0.782. The van der Waals surface area contributed by atoms with Gasteiger partial charge in [-0.3, -0.25) is 9.67 Å². The standard InChI is InChI=1S/C16H15ClN4/c1-10-5-6-12(13(17)8-10)15-14(16(18)21(2)20-15)11-4-3-7-19-9-11/h3-9H,18H2,1-2H3. The number of aryl methyl sites for hydroxylation is 2. The van der Waals surface area contributed by atoms with Crippen LogP contribution in [0.25, 0.3) is 22.4 Å². The van der Waals surface area contributed by atoms with Gasteiger partial charge < -0.3 is 5.73 Å². The molecule has 0 atom stereocenters. The smallest absolute Gasteiger partial charge is 0.129 e. The molecule has 21 heavy (non-hydrogen) atoms. The maximum atomic E-state index is 6.38. The van der Waals surface area contributed by atoms with Crippen LogP contribution in [-0.2, 0) is 7.05 Å². The lowest BCUT2D eigenvalue weighted by Crippen LogP contribution is -1.98. The first-order chi connectivity index (χ1) is 10.1. The van der Waals surface area contributed by atoms with Gasteiger partial charge in [-0.15, -0.1) is 0 Å². The van der Waals surface area contributed by atoms with E-state index in [1.54, 1.807) is 17.1 Å². The average molecular weight is 299 g/mol.